The molecule has 0 saturated heterocycles. The molecule has 3 nitrogen and oxygen atoms in total. The van der Waals surface area contributed by atoms with E-state index in [4.69, 9.17) is 10.8 Å². The second-order valence-electron chi connectivity index (χ2n) is 2.72. The van der Waals surface area contributed by atoms with Crippen molar-refractivity contribution in [2.24, 2.45) is 5.73 Å². The predicted octanol–water partition coefficient (Wildman–Crippen LogP) is 0.755. The molecule has 0 aromatic carbocycles. The highest BCUT2D eigenvalue weighted by Crippen LogP contribution is 2.10. The predicted molar refractivity (Wildman–Crippen MR) is 39.7 cm³/mol. The fourth-order valence-corrected chi connectivity index (χ4v) is 0.747. The maximum atomic E-state index is 10.2. The van der Waals surface area contributed by atoms with E-state index in [2.05, 4.69) is 6.58 Å². The Morgan fingerprint density at radius 1 is 1.90 bits per heavy atom. The summed E-state index contributed by atoms with van der Waals surface area (Å²) in [5.41, 5.74) is 4.93. The zero-order chi connectivity index (χ0) is 8.20. The highest BCUT2D eigenvalue weighted by molar-refractivity contribution is 5.68. The first kappa shape index (κ1) is 9.17. The average molecular weight is 143 g/mol. The molecule has 0 aliphatic carbocycles. The molecule has 58 valence electrons. The summed E-state index contributed by atoms with van der Waals surface area (Å²) in [6.07, 6.45) is 2.14. The van der Waals surface area contributed by atoms with Gasteiger partial charge in [-0.2, -0.15) is 0 Å². The summed E-state index contributed by atoms with van der Waals surface area (Å²) in [5, 5.41) is 8.36. The standard InChI is InChI=1S/C7H13NO2/c1-3-4-7(2,8)5-6(9)10/h3H,1,4-5,8H2,2H3,(H,9,10). The largest absolute Gasteiger partial charge is 0.481 e. The summed E-state index contributed by atoms with van der Waals surface area (Å²) in [6, 6.07) is 0. The smallest absolute Gasteiger partial charge is 0.305 e. The molecule has 10 heavy (non-hydrogen) atoms. The molecule has 1 atom stereocenters. The van der Waals surface area contributed by atoms with Crippen LogP contribution in [-0.2, 0) is 4.79 Å². The molecule has 0 spiro atoms. The highest BCUT2D eigenvalue weighted by Gasteiger charge is 2.19. The van der Waals surface area contributed by atoms with Gasteiger partial charge in [0.1, 0.15) is 0 Å². The quantitative estimate of drug-likeness (QED) is 0.571. The molecule has 0 fully saturated rings. The molecule has 0 saturated carbocycles. The molecule has 0 radical (unpaired) electrons. The fourth-order valence-electron chi connectivity index (χ4n) is 0.747. The summed E-state index contributed by atoms with van der Waals surface area (Å²) in [5.74, 6) is -0.869. The third-order valence-electron chi connectivity index (χ3n) is 1.17. The van der Waals surface area contributed by atoms with E-state index in [1.54, 1.807) is 13.0 Å². The Morgan fingerprint density at radius 3 is 2.70 bits per heavy atom. The number of aliphatic carboxylic acids is 1. The molecule has 0 rings (SSSR count). The Morgan fingerprint density at radius 2 is 2.40 bits per heavy atom. The lowest BCUT2D eigenvalue weighted by Gasteiger charge is -2.19. The minimum atomic E-state index is -0.869. The van der Waals surface area contributed by atoms with Crippen LogP contribution >= 0.6 is 0 Å². The summed E-state index contributed by atoms with van der Waals surface area (Å²) in [4.78, 5) is 10.2. The van der Waals surface area contributed by atoms with Crippen LogP contribution in [0, 0.1) is 0 Å². The van der Waals surface area contributed by atoms with Crippen molar-refractivity contribution < 1.29 is 9.90 Å². The van der Waals surface area contributed by atoms with Gasteiger partial charge in [0.2, 0.25) is 0 Å². The van der Waals surface area contributed by atoms with Crippen LogP contribution in [0.25, 0.3) is 0 Å². The number of carbonyl (C=O) groups is 1. The van der Waals surface area contributed by atoms with Gasteiger partial charge in [0.25, 0.3) is 0 Å². The maximum absolute atomic E-state index is 10.2. The van der Waals surface area contributed by atoms with Gasteiger partial charge >= 0.3 is 5.97 Å². The molecule has 3 N–H and O–H groups in total. The molecule has 0 amide bonds. The van der Waals surface area contributed by atoms with Crippen molar-refractivity contribution in [1.82, 2.24) is 0 Å². The minimum absolute atomic E-state index is 0.0149. The van der Waals surface area contributed by atoms with Gasteiger partial charge in [-0.05, 0) is 13.3 Å². The van der Waals surface area contributed by atoms with Crippen LogP contribution < -0.4 is 5.73 Å². The number of hydrogen-bond donors (Lipinski definition) is 2. The normalized spacial score (nSPS) is 15.8. The van der Waals surface area contributed by atoms with Crippen molar-refractivity contribution in [2.45, 2.75) is 25.3 Å². The van der Waals surface area contributed by atoms with E-state index in [0.29, 0.717) is 6.42 Å². The van der Waals surface area contributed by atoms with E-state index in [-0.39, 0.29) is 6.42 Å². The molecule has 0 heterocycles. The molecular weight excluding hydrogens is 130 g/mol. The van der Waals surface area contributed by atoms with Gasteiger partial charge in [0, 0.05) is 5.54 Å². The Balaban J connectivity index is 3.85. The SMILES string of the molecule is C=CCC(C)(N)CC(=O)O. The molecular formula is C7H13NO2. The van der Waals surface area contributed by atoms with Crippen LogP contribution in [0.15, 0.2) is 12.7 Å². The zero-order valence-corrected chi connectivity index (χ0v) is 6.13. The monoisotopic (exact) mass is 143 g/mol. The lowest BCUT2D eigenvalue weighted by molar-refractivity contribution is -0.138. The third-order valence-corrected chi connectivity index (χ3v) is 1.17. The van der Waals surface area contributed by atoms with Crippen molar-refractivity contribution in [1.29, 1.82) is 0 Å². The average Bonchev–Trinajstić information content (AvgIpc) is 1.59. The summed E-state index contributed by atoms with van der Waals surface area (Å²) < 4.78 is 0. The van der Waals surface area contributed by atoms with Crippen molar-refractivity contribution in [3.8, 4) is 0 Å². The second-order valence-corrected chi connectivity index (χ2v) is 2.72. The van der Waals surface area contributed by atoms with E-state index in [1.807, 2.05) is 0 Å². The van der Waals surface area contributed by atoms with Gasteiger partial charge < -0.3 is 10.8 Å². The third kappa shape index (κ3) is 4.09. The molecule has 0 aromatic heterocycles. The van der Waals surface area contributed by atoms with Crippen LogP contribution in [0.3, 0.4) is 0 Å². The van der Waals surface area contributed by atoms with Crippen molar-refractivity contribution in [3.63, 3.8) is 0 Å². The van der Waals surface area contributed by atoms with Crippen LogP contribution in [0.5, 0.6) is 0 Å². The van der Waals surface area contributed by atoms with Crippen LogP contribution in [0.1, 0.15) is 19.8 Å². The van der Waals surface area contributed by atoms with E-state index in [0.717, 1.165) is 0 Å². The molecule has 3 heteroatoms. The Kier molecular flexibility index (Phi) is 3.09. The van der Waals surface area contributed by atoms with Crippen LogP contribution in [0.2, 0.25) is 0 Å². The van der Waals surface area contributed by atoms with Gasteiger partial charge in [0.05, 0.1) is 6.42 Å². The van der Waals surface area contributed by atoms with Gasteiger partial charge in [0.15, 0.2) is 0 Å². The van der Waals surface area contributed by atoms with E-state index in [9.17, 15) is 4.79 Å². The van der Waals surface area contributed by atoms with Crippen molar-refractivity contribution >= 4 is 5.97 Å². The first-order valence-corrected chi connectivity index (χ1v) is 3.09. The molecule has 0 aromatic rings. The van der Waals surface area contributed by atoms with E-state index < -0.39 is 11.5 Å². The molecule has 0 aliphatic heterocycles. The first-order chi connectivity index (χ1) is 4.48. The van der Waals surface area contributed by atoms with Crippen LogP contribution in [-0.4, -0.2) is 16.6 Å². The lowest BCUT2D eigenvalue weighted by Crippen LogP contribution is -2.37. The Labute approximate surface area is 60.5 Å². The minimum Gasteiger partial charge on any atom is -0.481 e. The van der Waals surface area contributed by atoms with Gasteiger partial charge in [-0.15, -0.1) is 6.58 Å². The molecule has 0 aliphatic rings. The summed E-state index contributed by atoms with van der Waals surface area (Å²) in [6.45, 7) is 5.18. The van der Waals surface area contributed by atoms with E-state index in [1.165, 1.54) is 0 Å². The first-order valence-electron chi connectivity index (χ1n) is 3.09. The van der Waals surface area contributed by atoms with Crippen molar-refractivity contribution in [2.75, 3.05) is 0 Å². The molecule has 0 bridgehead atoms. The number of rotatable bonds is 4. The van der Waals surface area contributed by atoms with E-state index >= 15 is 0 Å². The summed E-state index contributed by atoms with van der Waals surface area (Å²) >= 11 is 0. The van der Waals surface area contributed by atoms with Gasteiger partial charge in [-0.1, -0.05) is 6.08 Å². The Bertz CT molecular complexity index is 141. The van der Waals surface area contributed by atoms with Gasteiger partial charge in [-0.3, -0.25) is 4.79 Å². The number of carboxylic acid groups (broad SMARTS) is 1. The zero-order valence-electron chi connectivity index (χ0n) is 6.13. The van der Waals surface area contributed by atoms with Crippen LogP contribution in [0.4, 0.5) is 0 Å². The van der Waals surface area contributed by atoms with Crippen molar-refractivity contribution in [3.05, 3.63) is 12.7 Å². The molecule has 1 unspecified atom stereocenters. The highest BCUT2D eigenvalue weighted by atomic mass is 16.4. The number of carboxylic acids is 1. The Hall–Kier alpha value is -0.830. The maximum Gasteiger partial charge on any atom is 0.305 e. The lowest BCUT2D eigenvalue weighted by atomic mass is 9.95. The fraction of sp³-hybridized carbons (Fsp3) is 0.571. The summed E-state index contributed by atoms with van der Waals surface area (Å²) in [7, 11) is 0. The van der Waals surface area contributed by atoms with Gasteiger partial charge in [-0.25, -0.2) is 0 Å². The number of nitrogens with two attached hydrogens (primary N) is 1. The second kappa shape index (κ2) is 3.37. The number of hydrogen-bond acceptors (Lipinski definition) is 2. The topological polar surface area (TPSA) is 63.3 Å².